The molecule has 0 saturated heterocycles. The summed E-state index contributed by atoms with van der Waals surface area (Å²) in [6, 6.07) is 15.2. The molecule has 0 amide bonds. The number of rotatable bonds is 3. The Morgan fingerprint density at radius 2 is 1.71 bits per heavy atom. The number of nitrogens with zero attached hydrogens (tertiary/aromatic N) is 1. The molecule has 1 unspecified atom stereocenters. The van der Waals surface area contributed by atoms with Crippen LogP contribution in [0.1, 0.15) is 23.1 Å². The first-order valence-electron chi connectivity index (χ1n) is 6.69. The van der Waals surface area contributed by atoms with Crippen molar-refractivity contribution in [1.29, 1.82) is 0 Å². The Labute approximate surface area is 128 Å². The van der Waals surface area contributed by atoms with Crippen molar-refractivity contribution in [3.8, 4) is 11.3 Å². The molecule has 2 N–H and O–H groups in total. The van der Waals surface area contributed by atoms with Crippen LogP contribution in [-0.2, 0) is 0 Å². The molecule has 0 bridgehead atoms. The van der Waals surface area contributed by atoms with Crippen LogP contribution in [0, 0.1) is 6.92 Å². The van der Waals surface area contributed by atoms with Crippen molar-refractivity contribution in [2.24, 2.45) is 0 Å². The smallest absolute Gasteiger partial charge is 0.140 e. The zero-order valence-electron chi connectivity index (χ0n) is 11.5. The molecular formula is C17H15ClN2O. The lowest BCUT2D eigenvalue weighted by atomic mass is 10.1. The van der Waals surface area contributed by atoms with E-state index < -0.39 is 6.10 Å². The normalized spacial score (nSPS) is 12.3. The second kappa shape index (κ2) is 5.72. The molecule has 1 atom stereocenters. The summed E-state index contributed by atoms with van der Waals surface area (Å²) in [4.78, 5) is 7.43. The highest BCUT2D eigenvalue weighted by molar-refractivity contribution is 6.30. The SMILES string of the molecule is Cc1ccc(C(O)c2ncc(-c3ccc(Cl)cc3)[nH]2)cc1. The second-order valence-corrected chi connectivity index (χ2v) is 5.44. The van der Waals surface area contributed by atoms with E-state index in [0.29, 0.717) is 10.8 Å². The third-order valence-corrected chi connectivity index (χ3v) is 3.65. The van der Waals surface area contributed by atoms with E-state index in [9.17, 15) is 5.11 Å². The minimum absolute atomic E-state index is 0.531. The summed E-state index contributed by atoms with van der Waals surface area (Å²) in [5, 5.41) is 11.1. The maximum Gasteiger partial charge on any atom is 0.140 e. The van der Waals surface area contributed by atoms with Gasteiger partial charge in [-0.3, -0.25) is 0 Å². The summed E-state index contributed by atoms with van der Waals surface area (Å²) in [6.07, 6.45) is 0.961. The lowest BCUT2D eigenvalue weighted by molar-refractivity contribution is 0.211. The van der Waals surface area contributed by atoms with Gasteiger partial charge >= 0.3 is 0 Å². The Balaban J connectivity index is 1.87. The number of hydrogen-bond donors (Lipinski definition) is 2. The van der Waals surface area contributed by atoms with Crippen molar-refractivity contribution in [2.45, 2.75) is 13.0 Å². The van der Waals surface area contributed by atoms with Crippen LogP contribution >= 0.6 is 11.6 Å². The fourth-order valence-corrected chi connectivity index (χ4v) is 2.28. The van der Waals surface area contributed by atoms with Gasteiger partial charge in [0.2, 0.25) is 0 Å². The first-order valence-corrected chi connectivity index (χ1v) is 7.07. The molecule has 106 valence electrons. The minimum atomic E-state index is -0.758. The quantitative estimate of drug-likeness (QED) is 0.764. The summed E-state index contributed by atoms with van der Waals surface area (Å²) in [5.74, 6) is 0.531. The van der Waals surface area contributed by atoms with Crippen LogP contribution in [0.3, 0.4) is 0 Å². The molecule has 0 radical (unpaired) electrons. The van der Waals surface area contributed by atoms with Crippen LogP contribution in [0.4, 0.5) is 0 Å². The van der Waals surface area contributed by atoms with Gasteiger partial charge in [-0.15, -0.1) is 0 Å². The Morgan fingerprint density at radius 1 is 1.05 bits per heavy atom. The lowest BCUT2D eigenvalue weighted by Gasteiger charge is -2.08. The molecule has 0 fully saturated rings. The van der Waals surface area contributed by atoms with Gasteiger partial charge in [-0.1, -0.05) is 53.6 Å². The van der Waals surface area contributed by atoms with Gasteiger partial charge in [0, 0.05) is 5.02 Å². The van der Waals surface area contributed by atoms with Gasteiger partial charge in [0.15, 0.2) is 0 Å². The first kappa shape index (κ1) is 13.9. The third-order valence-electron chi connectivity index (χ3n) is 3.40. The summed E-state index contributed by atoms with van der Waals surface area (Å²) in [7, 11) is 0. The Kier molecular flexibility index (Phi) is 3.78. The molecule has 1 heterocycles. The van der Waals surface area contributed by atoms with Crippen molar-refractivity contribution >= 4 is 11.6 Å². The van der Waals surface area contributed by atoms with E-state index in [4.69, 9.17) is 11.6 Å². The highest BCUT2D eigenvalue weighted by atomic mass is 35.5. The lowest BCUT2D eigenvalue weighted by Crippen LogP contribution is -2.01. The Bertz CT molecular complexity index is 732. The molecule has 0 aliphatic rings. The fraction of sp³-hybridized carbons (Fsp3) is 0.118. The molecule has 21 heavy (non-hydrogen) atoms. The van der Waals surface area contributed by atoms with Gasteiger partial charge < -0.3 is 10.1 Å². The van der Waals surface area contributed by atoms with Crippen molar-refractivity contribution in [2.75, 3.05) is 0 Å². The minimum Gasteiger partial charge on any atom is -0.380 e. The molecule has 0 spiro atoms. The molecule has 0 aliphatic carbocycles. The number of aromatic amines is 1. The van der Waals surface area contributed by atoms with Gasteiger partial charge in [-0.05, 0) is 30.2 Å². The van der Waals surface area contributed by atoms with Gasteiger partial charge in [-0.25, -0.2) is 4.98 Å². The molecule has 3 nitrogen and oxygen atoms in total. The molecular weight excluding hydrogens is 284 g/mol. The largest absolute Gasteiger partial charge is 0.380 e. The zero-order chi connectivity index (χ0) is 14.8. The summed E-state index contributed by atoms with van der Waals surface area (Å²) >= 11 is 5.88. The van der Waals surface area contributed by atoms with E-state index in [2.05, 4.69) is 9.97 Å². The maximum absolute atomic E-state index is 10.4. The van der Waals surface area contributed by atoms with E-state index >= 15 is 0 Å². The maximum atomic E-state index is 10.4. The zero-order valence-corrected chi connectivity index (χ0v) is 12.3. The molecule has 2 aromatic carbocycles. The number of imidazole rings is 1. The molecule has 4 heteroatoms. The summed E-state index contributed by atoms with van der Waals surface area (Å²) in [6.45, 7) is 2.02. The standard InChI is InChI=1S/C17H15ClN2O/c1-11-2-4-13(5-3-11)16(21)17-19-10-15(20-17)12-6-8-14(18)9-7-12/h2-10,16,21H,1H3,(H,19,20). The van der Waals surface area contributed by atoms with Crippen LogP contribution in [-0.4, -0.2) is 15.1 Å². The highest BCUT2D eigenvalue weighted by Gasteiger charge is 2.14. The molecule has 0 saturated carbocycles. The highest BCUT2D eigenvalue weighted by Crippen LogP contribution is 2.24. The number of nitrogens with one attached hydrogen (secondary N) is 1. The van der Waals surface area contributed by atoms with Gasteiger partial charge in [0.05, 0.1) is 11.9 Å². The average molecular weight is 299 g/mol. The van der Waals surface area contributed by atoms with E-state index in [1.165, 1.54) is 0 Å². The molecule has 0 aliphatic heterocycles. The van der Waals surface area contributed by atoms with E-state index in [-0.39, 0.29) is 0 Å². The Morgan fingerprint density at radius 3 is 2.38 bits per heavy atom. The first-order chi connectivity index (χ1) is 10.1. The number of aliphatic hydroxyl groups excluding tert-OH is 1. The molecule has 3 rings (SSSR count). The monoisotopic (exact) mass is 298 g/mol. The number of benzene rings is 2. The Hall–Kier alpha value is -2.10. The van der Waals surface area contributed by atoms with E-state index in [0.717, 1.165) is 22.4 Å². The van der Waals surface area contributed by atoms with E-state index in [1.807, 2.05) is 55.5 Å². The van der Waals surface area contributed by atoms with Gasteiger partial charge in [0.25, 0.3) is 0 Å². The van der Waals surface area contributed by atoms with Crippen LogP contribution < -0.4 is 0 Å². The number of aromatic nitrogens is 2. The van der Waals surface area contributed by atoms with E-state index in [1.54, 1.807) is 6.20 Å². The predicted molar refractivity (Wildman–Crippen MR) is 84.3 cm³/mol. The van der Waals surface area contributed by atoms with Gasteiger partial charge in [0.1, 0.15) is 11.9 Å². The summed E-state index contributed by atoms with van der Waals surface area (Å²) in [5.41, 5.74) is 3.81. The van der Waals surface area contributed by atoms with Crippen LogP contribution in [0.2, 0.25) is 5.02 Å². The topological polar surface area (TPSA) is 48.9 Å². The predicted octanol–water partition coefficient (Wildman–Crippen LogP) is 4.12. The molecule has 3 aromatic rings. The number of aryl methyl sites for hydroxylation is 1. The number of aliphatic hydroxyl groups is 1. The average Bonchev–Trinajstić information content (AvgIpc) is 2.98. The van der Waals surface area contributed by atoms with Crippen LogP contribution in [0.5, 0.6) is 0 Å². The number of hydrogen-bond acceptors (Lipinski definition) is 2. The van der Waals surface area contributed by atoms with Crippen molar-refractivity contribution in [3.63, 3.8) is 0 Å². The summed E-state index contributed by atoms with van der Waals surface area (Å²) < 4.78 is 0. The number of H-pyrrole nitrogens is 1. The molecule has 1 aromatic heterocycles. The van der Waals surface area contributed by atoms with Crippen LogP contribution in [0.15, 0.2) is 54.7 Å². The van der Waals surface area contributed by atoms with Crippen LogP contribution in [0.25, 0.3) is 11.3 Å². The van der Waals surface area contributed by atoms with Crippen molar-refractivity contribution in [1.82, 2.24) is 9.97 Å². The fourth-order valence-electron chi connectivity index (χ4n) is 2.16. The van der Waals surface area contributed by atoms with Gasteiger partial charge in [-0.2, -0.15) is 0 Å². The second-order valence-electron chi connectivity index (χ2n) is 5.00. The number of halogens is 1. The van der Waals surface area contributed by atoms with Crippen molar-refractivity contribution < 1.29 is 5.11 Å². The third kappa shape index (κ3) is 2.99. The van der Waals surface area contributed by atoms with Crippen molar-refractivity contribution in [3.05, 3.63) is 76.7 Å².